The molecule has 0 aliphatic carbocycles. The number of carbonyl (C=O) groups excluding carboxylic acids is 2. The van der Waals surface area contributed by atoms with Crippen LogP contribution in [0, 0.1) is 10.1 Å². The minimum Gasteiger partial charge on any atom is -0.493 e. The third kappa shape index (κ3) is 3.56. The number of rotatable bonds is 5. The number of esters is 2. The summed E-state index contributed by atoms with van der Waals surface area (Å²) in [7, 11) is 2.60. The first kappa shape index (κ1) is 16.2. The fourth-order valence-corrected chi connectivity index (χ4v) is 1.41. The van der Waals surface area contributed by atoms with E-state index in [1.54, 1.807) is 0 Å². The highest BCUT2D eigenvalue weighted by atomic mass is 16.6. The molecule has 112 valence electrons. The molecule has 0 radical (unpaired) electrons. The molecular formula is C13H13NO7. The van der Waals surface area contributed by atoms with Crippen molar-refractivity contribution in [2.45, 2.75) is 6.92 Å². The average Bonchev–Trinajstić information content (AvgIpc) is 2.45. The van der Waals surface area contributed by atoms with Crippen LogP contribution in [0.2, 0.25) is 0 Å². The maximum Gasteiger partial charge on any atom is 0.353 e. The van der Waals surface area contributed by atoms with Crippen molar-refractivity contribution in [3.05, 3.63) is 40.0 Å². The van der Waals surface area contributed by atoms with E-state index in [0.29, 0.717) is 0 Å². The molecule has 21 heavy (non-hydrogen) atoms. The van der Waals surface area contributed by atoms with Gasteiger partial charge in [-0.05, 0) is 6.92 Å². The Hall–Kier alpha value is -2.90. The first-order chi connectivity index (χ1) is 9.81. The Balaban J connectivity index is 3.32. The normalized spacial score (nSPS) is 9.67. The fourth-order valence-electron chi connectivity index (χ4n) is 1.41. The van der Waals surface area contributed by atoms with Crippen LogP contribution in [0.25, 0.3) is 0 Å². The second-order valence-electron chi connectivity index (χ2n) is 3.94. The number of nitro benzene ring substituents is 1. The summed E-state index contributed by atoms with van der Waals surface area (Å²) in [6.07, 6.45) is 0. The van der Waals surface area contributed by atoms with Crippen LogP contribution in [0.15, 0.2) is 24.3 Å². The second-order valence-corrected chi connectivity index (χ2v) is 3.94. The molecule has 0 fully saturated rings. The summed E-state index contributed by atoms with van der Waals surface area (Å²) < 4.78 is 14.4. The van der Waals surface area contributed by atoms with E-state index in [4.69, 9.17) is 9.47 Å². The van der Waals surface area contributed by atoms with E-state index in [2.05, 4.69) is 11.3 Å². The van der Waals surface area contributed by atoms with Gasteiger partial charge in [0, 0.05) is 11.6 Å². The number of hydrogen-bond acceptors (Lipinski definition) is 7. The number of methoxy groups -OCH3 is 2. The van der Waals surface area contributed by atoms with Gasteiger partial charge in [-0.15, -0.1) is 0 Å². The largest absolute Gasteiger partial charge is 0.493 e. The maximum atomic E-state index is 11.9. The van der Waals surface area contributed by atoms with Gasteiger partial charge in [0.2, 0.25) is 0 Å². The summed E-state index contributed by atoms with van der Waals surface area (Å²) in [4.78, 5) is 33.4. The first-order valence-corrected chi connectivity index (χ1v) is 5.64. The molecule has 8 nitrogen and oxygen atoms in total. The van der Waals surface area contributed by atoms with E-state index in [-0.39, 0.29) is 17.1 Å². The van der Waals surface area contributed by atoms with Crippen LogP contribution >= 0.6 is 0 Å². The molecular weight excluding hydrogens is 282 g/mol. The van der Waals surface area contributed by atoms with Crippen LogP contribution in [0.5, 0.6) is 11.5 Å². The molecule has 0 aromatic heterocycles. The van der Waals surface area contributed by atoms with Crippen molar-refractivity contribution in [3.63, 3.8) is 0 Å². The van der Waals surface area contributed by atoms with Gasteiger partial charge >= 0.3 is 11.9 Å². The molecule has 0 bridgehead atoms. The maximum absolute atomic E-state index is 11.9. The molecule has 1 rings (SSSR count). The number of hydrogen-bond donors (Lipinski definition) is 0. The lowest BCUT2D eigenvalue weighted by Crippen LogP contribution is -2.14. The molecule has 0 N–H and O–H groups in total. The molecule has 0 heterocycles. The summed E-state index contributed by atoms with van der Waals surface area (Å²) in [6.45, 7) is 4.66. The van der Waals surface area contributed by atoms with Gasteiger partial charge in [-0.1, -0.05) is 6.58 Å². The highest BCUT2D eigenvalue weighted by Gasteiger charge is 2.27. The zero-order chi connectivity index (χ0) is 16.2. The molecule has 1 aromatic carbocycles. The van der Waals surface area contributed by atoms with E-state index in [0.717, 1.165) is 12.1 Å². The first-order valence-electron chi connectivity index (χ1n) is 5.64. The third-order valence-corrected chi connectivity index (χ3v) is 2.45. The molecule has 0 saturated heterocycles. The van der Waals surface area contributed by atoms with Crippen LogP contribution < -0.4 is 9.47 Å². The average molecular weight is 295 g/mol. The van der Waals surface area contributed by atoms with Crippen molar-refractivity contribution in [1.82, 2.24) is 0 Å². The zero-order valence-corrected chi connectivity index (χ0v) is 11.7. The van der Waals surface area contributed by atoms with Crippen LogP contribution in [0.3, 0.4) is 0 Å². The van der Waals surface area contributed by atoms with Gasteiger partial charge in [0.05, 0.1) is 25.2 Å². The number of benzene rings is 1. The lowest BCUT2D eigenvalue weighted by Gasteiger charge is -2.09. The van der Waals surface area contributed by atoms with Crippen LogP contribution in [-0.2, 0) is 9.53 Å². The van der Waals surface area contributed by atoms with Crippen molar-refractivity contribution in [2.24, 2.45) is 0 Å². The van der Waals surface area contributed by atoms with E-state index >= 15 is 0 Å². The van der Waals surface area contributed by atoms with E-state index in [1.165, 1.54) is 21.1 Å². The second kappa shape index (κ2) is 6.51. The van der Waals surface area contributed by atoms with Gasteiger partial charge in [0.15, 0.2) is 11.5 Å². The van der Waals surface area contributed by atoms with Gasteiger partial charge < -0.3 is 14.2 Å². The quantitative estimate of drug-likeness (QED) is 0.268. The topological polar surface area (TPSA) is 105 Å². The smallest absolute Gasteiger partial charge is 0.353 e. The molecule has 0 aliphatic rings. The number of carbonyl (C=O) groups is 2. The highest BCUT2D eigenvalue weighted by Crippen LogP contribution is 2.34. The standard InChI is InChI=1S/C13H13NO7/c1-7(2)12(15)21-13(16)8-5-10(19-3)11(20-4)6-9(8)14(17)18/h5-6H,1H2,2-4H3. The Morgan fingerprint density at radius 2 is 1.71 bits per heavy atom. The van der Waals surface area contributed by atoms with Gasteiger partial charge in [-0.25, -0.2) is 9.59 Å². The van der Waals surface area contributed by atoms with Gasteiger partial charge in [-0.2, -0.15) is 0 Å². The predicted octanol–water partition coefficient (Wildman–Crippen LogP) is 1.87. The van der Waals surface area contributed by atoms with E-state index in [1.807, 2.05) is 0 Å². The van der Waals surface area contributed by atoms with Crippen molar-refractivity contribution in [1.29, 1.82) is 0 Å². The summed E-state index contributed by atoms with van der Waals surface area (Å²) in [5, 5.41) is 11.0. The van der Waals surface area contributed by atoms with Crippen molar-refractivity contribution < 1.29 is 28.7 Å². The molecule has 8 heteroatoms. The SMILES string of the molecule is C=C(C)C(=O)OC(=O)c1cc(OC)c(OC)cc1[N+](=O)[O-]. The minimum atomic E-state index is -1.17. The van der Waals surface area contributed by atoms with Gasteiger partial charge in [0.25, 0.3) is 5.69 Å². The third-order valence-electron chi connectivity index (χ3n) is 2.45. The molecule has 0 saturated carbocycles. The van der Waals surface area contributed by atoms with E-state index in [9.17, 15) is 19.7 Å². The Morgan fingerprint density at radius 1 is 1.19 bits per heavy atom. The summed E-state index contributed by atoms with van der Waals surface area (Å²) in [5.74, 6) is -1.97. The van der Waals surface area contributed by atoms with Gasteiger partial charge in [0.1, 0.15) is 5.56 Å². The molecule has 0 atom stereocenters. The lowest BCUT2D eigenvalue weighted by molar-refractivity contribution is -0.385. The monoisotopic (exact) mass is 295 g/mol. The van der Waals surface area contributed by atoms with Crippen molar-refractivity contribution >= 4 is 17.6 Å². The minimum absolute atomic E-state index is 0.00789. The van der Waals surface area contributed by atoms with Crippen LogP contribution in [0.1, 0.15) is 17.3 Å². The lowest BCUT2D eigenvalue weighted by atomic mass is 10.1. The number of ether oxygens (including phenoxy) is 3. The van der Waals surface area contributed by atoms with Crippen molar-refractivity contribution in [3.8, 4) is 11.5 Å². The Morgan fingerprint density at radius 3 is 2.14 bits per heavy atom. The van der Waals surface area contributed by atoms with Gasteiger partial charge in [-0.3, -0.25) is 10.1 Å². The van der Waals surface area contributed by atoms with Crippen molar-refractivity contribution in [2.75, 3.05) is 14.2 Å². The highest BCUT2D eigenvalue weighted by molar-refractivity contribution is 6.04. The number of nitro groups is 1. The summed E-state index contributed by atoms with van der Waals surface area (Å²) in [5.41, 5.74) is -0.995. The zero-order valence-electron chi connectivity index (χ0n) is 11.7. The van der Waals surface area contributed by atoms with Crippen LogP contribution in [0.4, 0.5) is 5.69 Å². The fraction of sp³-hybridized carbons (Fsp3) is 0.231. The van der Waals surface area contributed by atoms with Crippen LogP contribution in [-0.4, -0.2) is 31.1 Å². The summed E-state index contributed by atoms with van der Waals surface area (Å²) >= 11 is 0. The summed E-state index contributed by atoms with van der Waals surface area (Å²) in [6, 6.07) is 2.09. The Labute approximate surface area is 120 Å². The van der Waals surface area contributed by atoms with E-state index < -0.39 is 28.1 Å². The Kier molecular flexibility index (Phi) is 5.01. The predicted molar refractivity (Wildman–Crippen MR) is 71.4 cm³/mol. The molecule has 0 amide bonds. The molecule has 0 spiro atoms. The number of nitrogens with zero attached hydrogens (tertiary/aromatic N) is 1. The molecule has 1 aromatic rings. The molecule has 0 aliphatic heterocycles. The molecule has 0 unspecified atom stereocenters. The Bertz CT molecular complexity index is 621.